The largest absolute Gasteiger partial charge is 0.462 e. The summed E-state index contributed by atoms with van der Waals surface area (Å²) in [5.74, 6) is 1.73. The van der Waals surface area contributed by atoms with Crippen molar-refractivity contribution in [1.82, 2.24) is 5.32 Å². The Morgan fingerprint density at radius 1 is 1.42 bits per heavy atom. The molecule has 5 heteroatoms. The van der Waals surface area contributed by atoms with Crippen LogP contribution in [0.1, 0.15) is 17.3 Å². The molecular formula is C14H16N2O3. The summed E-state index contributed by atoms with van der Waals surface area (Å²) in [4.78, 5) is 23.1. The van der Waals surface area contributed by atoms with Crippen molar-refractivity contribution in [2.75, 3.05) is 25.0 Å². The van der Waals surface area contributed by atoms with Gasteiger partial charge in [0.2, 0.25) is 5.91 Å². The second-order valence-electron chi connectivity index (χ2n) is 3.66. The molecule has 0 saturated carbocycles. The monoisotopic (exact) mass is 260 g/mol. The molecule has 0 fully saturated rings. The quantitative estimate of drug-likeness (QED) is 0.455. The van der Waals surface area contributed by atoms with E-state index in [0.29, 0.717) is 24.4 Å². The highest BCUT2D eigenvalue weighted by atomic mass is 16.5. The fraction of sp³-hybridized carbons (Fsp3) is 0.286. The molecule has 1 aromatic rings. The minimum Gasteiger partial charge on any atom is -0.462 e. The van der Waals surface area contributed by atoms with Gasteiger partial charge in [-0.25, -0.2) is 4.79 Å². The van der Waals surface area contributed by atoms with Gasteiger partial charge in [0.25, 0.3) is 0 Å². The van der Waals surface area contributed by atoms with Crippen LogP contribution in [0, 0.1) is 12.3 Å². The Balaban J connectivity index is 2.59. The molecule has 0 aliphatic carbocycles. The maximum absolute atomic E-state index is 11.5. The number of hydrogen-bond donors (Lipinski definition) is 2. The Hall–Kier alpha value is -2.32. The zero-order chi connectivity index (χ0) is 14.1. The summed E-state index contributed by atoms with van der Waals surface area (Å²) >= 11 is 0. The van der Waals surface area contributed by atoms with Gasteiger partial charge in [0.15, 0.2) is 0 Å². The summed E-state index contributed by atoms with van der Waals surface area (Å²) in [6.45, 7) is 2.50. The van der Waals surface area contributed by atoms with Gasteiger partial charge in [0.1, 0.15) is 0 Å². The molecule has 0 aliphatic heterocycles. The summed E-state index contributed by atoms with van der Waals surface area (Å²) in [6.07, 6.45) is 5.05. The molecule has 0 spiro atoms. The van der Waals surface area contributed by atoms with Crippen molar-refractivity contribution >= 4 is 17.6 Å². The van der Waals surface area contributed by atoms with E-state index in [1.807, 2.05) is 0 Å². The van der Waals surface area contributed by atoms with Gasteiger partial charge in [0.05, 0.1) is 25.3 Å². The molecule has 1 aromatic carbocycles. The van der Waals surface area contributed by atoms with Crippen LogP contribution in [0.3, 0.4) is 0 Å². The molecular weight excluding hydrogens is 244 g/mol. The van der Waals surface area contributed by atoms with E-state index in [2.05, 4.69) is 16.6 Å². The van der Waals surface area contributed by atoms with Crippen LogP contribution < -0.4 is 10.6 Å². The van der Waals surface area contributed by atoms with Gasteiger partial charge in [-0.15, -0.1) is 6.42 Å². The number of esters is 1. The molecule has 0 aliphatic rings. The predicted molar refractivity (Wildman–Crippen MR) is 72.7 cm³/mol. The number of terminal acetylenes is 1. The number of rotatable bonds is 6. The average Bonchev–Trinajstić information content (AvgIpc) is 2.39. The highest BCUT2D eigenvalue weighted by molar-refractivity contribution is 5.95. The van der Waals surface area contributed by atoms with Gasteiger partial charge < -0.3 is 10.1 Å². The number of carbonyl (C=O) groups excluding carboxylic acids is 2. The van der Waals surface area contributed by atoms with Crippen molar-refractivity contribution in [3.05, 3.63) is 29.8 Å². The van der Waals surface area contributed by atoms with Crippen LogP contribution in [0.2, 0.25) is 0 Å². The molecule has 0 unspecified atom stereocenters. The zero-order valence-corrected chi connectivity index (χ0v) is 10.7. The van der Waals surface area contributed by atoms with Crippen LogP contribution in [0.4, 0.5) is 5.69 Å². The fourth-order valence-electron chi connectivity index (χ4n) is 1.39. The van der Waals surface area contributed by atoms with Crippen LogP contribution in [0.15, 0.2) is 24.3 Å². The van der Waals surface area contributed by atoms with E-state index in [1.165, 1.54) is 0 Å². The summed E-state index contributed by atoms with van der Waals surface area (Å²) in [5.41, 5.74) is 0.939. The van der Waals surface area contributed by atoms with Crippen LogP contribution >= 0.6 is 0 Å². The molecule has 2 N–H and O–H groups in total. The minimum atomic E-state index is -0.413. The van der Waals surface area contributed by atoms with Crippen molar-refractivity contribution in [3.63, 3.8) is 0 Å². The normalized spacial score (nSPS) is 9.47. The van der Waals surface area contributed by atoms with Crippen molar-refractivity contribution in [1.29, 1.82) is 0 Å². The Bertz CT molecular complexity index is 492. The fourth-order valence-corrected chi connectivity index (χ4v) is 1.39. The number of anilines is 1. The van der Waals surface area contributed by atoms with Crippen molar-refractivity contribution < 1.29 is 14.3 Å². The minimum absolute atomic E-state index is 0.119. The SMILES string of the molecule is C#CCNCC(=O)Nc1cccc(C(=O)OCC)c1. The molecule has 0 radical (unpaired) electrons. The predicted octanol–water partition coefficient (Wildman–Crippen LogP) is 1.02. The van der Waals surface area contributed by atoms with Crippen LogP contribution in [-0.2, 0) is 9.53 Å². The van der Waals surface area contributed by atoms with Gasteiger partial charge >= 0.3 is 5.97 Å². The number of benzene rings is 1. The second-order valence-corrected chi connectivity index (χ2v) is 3.66. The standard InChI is InChI=1S/C14H16N2O3/c1-3-8-15-10-13(17)16-12-7-5-6-11(9-12)14(18)19-4-2/h1,5-7,9,15H,4,8,10H2,2H3,(H,16,17). The third-order valence-corrected chi connectivity index (χ3v) is 2.17. The maximum atomic E-state index is 11.5. The van der Waals surface area contributed by atoms with E-state index in [9.17, 15) is 9.59 Å². The Morgan fingerprint density at radius 3 is 2.89 bits per heavy atom. The zero-order valence-electron chi connectivity index (χ0n) is 10.7. The lowest BCUT2D eigenvalue weighted by Crippen LogP contribution is -2.28. The van der Waals surface area contributed by atoms with Crippen molar-refractivity contribution in [2.24, 2.45) is 0 Å². The van der Waals surface area contributed by atoms with Gasteiger partial charge in [-0.05, 0) is 25.1 Å². The first-order valence-electron chi connectivity index (χ1n) is 5.88. The number of carbonyl (C=O) groups is 2. The third-order valence-electron chi connectivity index (χ3n) is 2.17. The van der Waals surface area contributed by atoms with Crippen molar-refractivity contribution in [2.45, 2.75) is 6.92 Å². The van der Waals surface area contributed by atoms with E-state index in [1.54, 1.807) is 31.2 Å². The number of nitrogens with one attached hydrogen (secondary N) is 2. The smallest absolute Gasteiger partial charge is 0.338 e. The molecule has 19 heavy (non-hydrogen) atoms. The van der Waals surface area contributed by atoms with Gasteiger partial charge in [-0.3, -0.25) is 10.1 Å². The van der Waals surface area contributed by atoms with Crippen molar-refractivity contribution in [3.8, 4) is 12.3 Å². The highest BCUT2D eigenvalue weighted by Gasteiger charge is 2.08. The molecule has 0 saturated heterocycles. The van der Waals surface area contributed by atoms with Crippen LogP contribution in [0.25, 0.3) is 0 Å². The number of ether oxygens (including phenoxy) is 1. The summed E-state index contributed by atoms with van der Waals surface area (Å²) < 4.78 is 4.88. The van der Waals surface area contributed by atoms with Gasteiger partial charge in [0, 0.05) is 5.69 Å². The Kier molecular flexibility index (Phi) is 6.13. The lowest BCUT2D eigenvalue weighted by Gasteiger charge is -2.07. The average molecular weight is 260 g/mol. The Labute approximate surface area is 112 Å². The van der Waals surface area contributed by atoms with E-state index in [-0.39, 0.29) is 12.5 Å². The molecule has 1 amide bonds. The first-order chi connectivity index (χ1) is 9.17. The van der Waals surface area contributed by atoms with E-state index >= 15 is 0 Å². The second kappa shape index (κ2) is 7.90. The maximum Gasteiger partial charge on any atom is 0.338 e. The molecule has 0 atom stereocenters. The summed E-state index contributed by atoms with van der Waals surface area (Å²) in [5, 5.41) is 5.43. The van der Waals surface area contributed by atoms with Crippen LogP contribution in [0.5, 0.6) is 0 Å². The van der Waals surface area contributed by atoms with Gasteiger partial charge in [-0.1, -0.05) is 12.0 Å². The lowest BCUT2D eigenvalue weighted by molar-refractivity contribution is -0.115. The number of hydrogen-bond acceptors (Lipinski definition) is 4. The topological polar surface area (TPSA) is 67.4 Å². The molecule has 0 bridgehead atoms. The highest BCUT2D eigenvalue weighted by Crippen LogP contribution is 2.11. The molecule has 100 valence electrons. The molecule has 0 heterocycles. The first-order valence-corrected chi connectivity index (χ1v) is 5.88. The van der Waals surface area contributed by atoms with Gasteiger partial charge in [-0.2, -0.15) is 0 Å². The molecule has 1 rings (SSSR count). The molecule has 5 nitrogen and oxygen atoms in total. The Morgan fingerprint density at radius 2 is 2.21 bits per heavy atom. The van der Waals surface area contributed by atoms with E-state index in [4.69, 9.17) is 11.2 Å². The first kappa shape index (κ1) is 14.7. The summed E-state index contributed by atoms with van der Waals surface area (Å²) in [7, 11) is 0. The lowest BCUT2D eigenvalue weighted by atomic mass is 10.2. The third kappa shape index (κ3) is 5.23. The van der Waals surface area contributed by atoms with E-state index < -0.39 is 5.97 Å². The van der Waals surface area contributed by atoms with E-state index in [0.717, 1.165) is 0 Å². The molecule has 0 aromatic heterocycles. The summed E-state index contributed by atoms with van der Waals surface area (Å²) in [6, 6.07) is 6.57. The van der Waals surface area contributed by atoms with Crippen LogP contribution in [-0.4, -0.2) is 31.6 Å². The number of amides is 1.